The fourth-order valence-electron chi connectivity index (χ4n) is 2.92. The molecule has 1 saturated heterocycles. The van der Waals surface area contributed by atoms with Gasteiger partial charge in [0.15, 0.2) is 0 Å². The van der Waals surface area contributed by atoms with Crippen molar-refractivity contribution in [3.63, 3.8) is 0 Å². The van der Waals surface area contributed by atoms with E-state index in [-0.39, 0.29) is 0 Å². The van der Waals surface area contributed by atoms with Crippen LogP contribution in [0.3, 0.4) is 0 Å². The van der Waals surface area contributed by atoms with Crippen molar-refractivity contribution in [1.29, 1.82) is 0 Å². The van der Waals surface area contributed by atoms with E-state index in [0.29, 0.717) is 6.04 Å². The first kappa shape index (κ1) is 15.3. The number of aryl methyl sites for hydroxylation is 1. The van der Waals surface area contributed by atoms with Gasteiger partial charge in [0, 0.05) is 37.9 Å². The molecule has 1 aliphatic heterocycles. The molecule has 2 rings (SSSR count). The largest absolute Gasteiger partial charge is 0.369 e. The summed E-state index contributed by atoms with van der Waals surface area (Å²) in [4.78, 5) is 5.05. The zero-order chi connectivity index (χ0) is 14.4. The number of hydrogen-bond acceptors (Lipinski definition) is 3. The highest BCUT2D eigenvalue weighted by Gasteiger charge is 2.17. The van der Waals surface area contributed by atoms with Crippen LogP contribution in [0.4, 0.5) is 5.69 Å². The Morgan fingerprint density at radius 3 is 2.55 bits per heavy atom. The summed E-state index contributed by atoms with van der Waals surface area (Å²) in [6, 6.07) is 9.21. The summed E-state index contributed by atoms with van der Waals surface area (Å²) >= 11 is 0. The molecule has 3 heteroatoms. The molecule has 1 aliphatic rings. The van der Waals surface area contributed by atoms with Crippen LogP contribution in [0.5, 0.6) is 0 Å². The van der Waals surface area contributed by atoms with E-state index >= 15 is 0 Å². The Morgan fingerprint density at radius 1 is 1.15 bits per heavy atom. The number of rotatable bonds is 6. The zero-order valence-electron chi connectivity index (χ0n) is 13.0. The summed E-state index contributed by atoms with van der Waals surface area (Å²) < 4.78 is 0. The minimum absolute atomic E-state index is 0.384. The Labute approximate surface area is 123 Å². The summed E-state index contributed by atoms with van der Waals surface area (Å²) in [5.74, 6) is 0. The third kappa shape index (κ3) is 4.50. The van der Waals surface area contributed by atoms with E-state index in [4.69, 9.17) is 5.73 Å². The molecule has 20 heavy (non-hydrogen) atoms. The summed E-state index contributed by atoms with van der Waals surface area (Å²) in [7, 11) is 0. The average Bonchev–Trinajstić information content (AvgIpc) is 2.46. The number of benzene rings is 1. The molecule has 0 saturated carbocycles. The van der Waals surface area contributed by atoms with Gasteiger partial charge in [0.25, 0.3) is 0 Å². The quantitative estimate of drug-likeness (QED) is 0.866. The molecule has 0 bridgehead atoms. The molecule has 1 aromatic carbocycles. The van der Waals surface area contributed by atoms with Crippen molar-refractivity contribution in [2.75, 3.05) is 37.6 Å². The first-order valence-electron chi connectivity index (χ1n) is 7.98. The van der Waals surface area contributed by atoms with E-state index in [9.17, 15) is 0 Å². The molecule has 2 N–H and O–H groups in total. The van der Waals surface area contributed by atoms with Gasteiger partial charge in [-0.15, -0.1) is 0 Å². The first-order chi connectivity index (χ1) is 9.69. The lowest BCUT2D eigenvalue weighted by molar-refractivity contribution is 0.246. The van der Waals surface area contributed by atoms with Gasteiger partial charge in [-0.25, -0.2) is 0 Å². The Morgan fingerprint density at radius 2 is 1.90 bits per heavy atom. The minimum atomic E-state index is 0.384. The van der Waals surface area contributed by atoms with Crippen molar-refractivity contribution in [2.24, 2.45) is 5.73 Å². The molecule has 0 aromatic heterocycles. The number of nitrogens with zero attached hydrogens (tertiary/aromatic N) is 2. The van der Waals surface area contributed by atoms with E-state index in [1.54, 1.807) is 0 Å². The highest BCUT2D eigenvalue weighted by atomic mass is 15.3. The second-order valence-corrected chi connectivity index (χ2v) is 6.01. The molecule has 0 radical (unpaired) electrons. The van der Waals surface area contributed by atoms with E-state index in [1.807, 2.05) is 0 Å². The second-order valence-electron chi connectivity index (χ2n) is 6.01. The molecule has 1 unspecified atom stereocenters. The minimum Gasteiger partial charge on any atom is -0.369 e. The van der Waals surface area contributed by atoms with E-state index in [0.717, 1.165) is 45.6 Å². The Bertz CT molecular complexity index is 397. The van der Waals surface area contributed by atoms with Gasteiger partial charge < -0.3 is 10.6 Å². The smallest absolute Gasteiger partial charge is 0.0369 e. The van der Waals surface area contributed by atoms with Crippen molar-refractivity contribution in [1.82, 2.24) is 4.90 Å². The first-order valence-corrected chi connectivity index (χ1v) is 7.98. The maximum Gasteiger partial charge on any atom is 0.0369 e. The molecule has 1 fully saturated rings. The van der Waals surface area contributed by atoms with Crippen molar-refractivity contribution in [3.05, 3.63) is 29.8 Å². The molecule has 1 heterocycles. The summed E-state index contributed by atoms with van der Waals surface area (Å²) in [5, 5.41) is 0. The molecule has 1 atom stereocenters. The Hall–Kier alpha value is -1.06. The van der Waals surface area contributed by atoms with Gasteiger partial charge in [-0.1, -0.05) is 25.5 Å². The summed E-state index contributed by atoms with van der Waals surface area (Å²) in [6.07, 6.45) is 3.49. The third-order valence-corrected chi connectivity index (χ3v) is 4.21. The highest BCUT2D eigenvalue weighted by Crippen LogP contribution is 2.17. The predicted molar refractivity (Wildman–Crippen MR) is 87.3 cm³/mol. The van der Waals surface area contributed by atoms with Crippen LogP contribution in [0, 0.1) is 6.92 Å². The molecule has 0 aliphatic carbocycles. The van der Waals surface area contributed by atoms with Gasteiger partial charge in [-0.2, -0.15) is 0 Å². The number of nitrogens with two attached hydrogens (primary N) is 1. The van der Waals surface area contributed by atoms with Crippen LogP contribution in [0.25, 0.3) is 0 Å². The Balaban J connectivity index is 1.75. The van der Waals surface area contributed by atoms with Crippen LogP contribution in [-0.4, -0.2) is 43.7 Å². The maximum absolute atomic E-state index is 6.10. The van der Waals surface area contributed by atoms with E-state index in [1.165, 1.54) is 17.7 Å². The van der Waals surface area contributed by atoms with Crippen molar-refractivity contribution in [2.45, 2.75) is 39.2 Å². The maximum atomic E-state index is 6.10. The van der Waals surface area contributed by atoms with Gasteiger partial charge in [0.2, 0.25) is 0 Å². The van der Waals surface area contributed by atoms with Crippen molar-refractivity contribution in [3.8, 4) is 0 Å². The molecule has 1 aromatic rings. The molecule has 112 valence electrons. The average molecular weight is 275 g/mol. The molecule has 3 nitrogen and oxygen atoms in total. The van der Waals surface area contributed by atoms with Crippen LogP contribution >= 0.6 is 0 Å². The number of anilines is 1. The van der Waals surface area contributed by atoms with Crippen molar-refractivity contribution < 1.29 is 0 Å². The zero-order valence-corrected chi connectivity index (χ0v) is 13.0. The lowest BCUT2D eigenvalue weighted by Gasteiger charge is -2.36. The lowest BCUT2D eigenvalue weighted by Crippen LogP contribution is -2.47. The topological polar surface area (TPSA) is 32.5 Å². The van der Waals surface area contributed by atoms with Crippen LogP contribution < -0.4 is 10.6 Å². The van der Waals surface area contributed by atoms with Gasteiger partial charge >= 0.3 is 0 Å². The molecular weight excluding hydrogens is 246 g/mol. The number of piperazine rings is 1. The predicted octanol–water partition coefficient (Wildman–Crippen LogP) is 2.63. The monoisotopic (exact) mass is 275 g/mol. The van der Waals surface area contributed by atoms with Gasteiger partial charge in [-0.3, -0.25) is 4.90 Å². The molecular formula is C17H29N3. The normalized spacial score (nSPS) is 18.2. The summed E-state index contributed by atoms with van der Waals surface area (Å²) in [5.41, 5.74) is 8.81. The van der Waals surface area contributed by atoms with E-state index < -0.39 is 0 Å². The van der Waals surface area contributed by atoms with Crippen LogP contribution in [-0.2, 0) is 0 Å². The molecule has 0 spiro atoms. The van der Waals surface area contributed by atoms with Crippen LogP contribution in [0.1, 0.15) is 31.7 Å². The van der Waals surface area contributed by atoms with Gasteiger partial charge in [0.05, 0.1) is 0 Å². The summed E-state index contributed by atoms with van der Waals surface area (Å²) in [6.45, 7) is 10.1. The van der Waals surface area contributed by atoms with Crippen LogP contribution in [0.2, 0.25) is 0 Å². The number of hydrogen-bond donors (Lipinski definition) is 1. The van der Waals surface area contributed by atoms with E-state index in [2.05, 4.69) is 47.9 Å². The SMILES string of the molecule is CCCC(N)CCN1CCN(c2cccc(C)c2)CC1. The fraction of sp³-hybridized carbons (Fsp3) is 0.647. The highest BCUT2D eigenvalue weighted by molar-refractivity contribution is 5.48. The van der Waals surface area contributed by atoms with Crippen molar-refractivity contribution >= 4 is 5.69 Å². The fourth-order valence-corrected chi connectivity index (χ4v) is 2.92. The van der Waals surface area contributed by atoms with Gasteiger partial charge in [0.1, 0.15) is 0 Å². The Kier molecular flexibility index (Phi) is 5.86. The third-order valence-electron chi connectivity index (χ3n) is 4.21. The lowest BCUT2D eigenvalue weighted by atomic mass is 10.1. The van der Waals surface area contributed by atoms with Crippen LogP contribution in [0.15, 0.2) is 24.3 Å². The second kappa shape index (κ2) is 7.65. The standard InChI is InChI=1S/C17H29N3/c1-3-5-16(18)8-9-19-10-12-20(13-11-19)17-7-4-6-15(2)14-17/h4,6-7,14,16H,3,5,8-13,18H2,1-2H3. The molecule has 0 amide bonds. The van der Waals surface area contributed by atoms with Gasteiger partial charge in [-0.05, 0) is 44.0 Å².